The third kappa shape index (κ3) is 5.09. The smallest absolute Gasteiger partial charge is 0.339 e. The first-order chi connectivity index (χ1) is 12.5. The second kappa shape index (κ2) is 9.40. The predicted molar refractivity (Wildman–Crippen MR) is 108 cm³/mol. The molecule has 138 valence electrons. The highest BCUT2D eigenvalue weighted by Gasteiger charge is 2.14. The molecule has 2 aromatic carbocycles. The first-order valence-electron chi connectivity index (χ1n) is 8.07. The molecule has 0 aromatic heterocycles. The maximum atomic E-state index is 11.7. The normalized spacial score (nSPS) is 11.4. The summed E-state index contributed by atoms with van der Waals surface area (Å²) < 4.78 is 9.91. The number of halogens is 1. The third-order valence-corrected chi connectivity index (χ3v) is 4.41. The van der Waals surface area contributed by atoms with Crippen LogP contribution in [0.3, 0.4) is 0 Å². The van der Waals surface area contributed by atoms with Crippen molar-refractivity contribution in [1.29, 1.82) is 0 Å². The van der Waals surface area contributed by atoms with Gasteiger partial charge in [-0.15, -0.1) is 0 Å². The van der Waals surface area contributed by atoms with Crippen LogP contribution in [0.4, 0.5) is 5.69 Å². The molecule has 0 aliphatic heterocycles. The fraction of sp³-hybridized carbons (Fsp3) is 0.263. The maximum absolute atomic E-state index is 11.7. The number of hydrogen-bond acceptors (Lipinski definition) is 4. The lowest BCUT2D eigenvalue weighted by atomic mass is 10.0. The van der Waals surface area contributed by atoms with Crippen molar-refractivity contribution in [2.24, 2.45) is 0 Å². The minimum atomic E-state index is -0.498. The van der Waals surface area contributed by atoms with Crippen LogP contribution in [-0.2, 0) is 4.74 Å². The summed E-state index contributed by atoms with van der Waals surface area (Å²) in [6.45, 7) is 2.07. The average molecular weight is 393 g/mol. The van der Waals surface area contributed by atoms with Gasteiger partial charge >= 0.3 is 5.97 Å². The molecule has 0 radical (unpaired) electrons. The Morgan fingerprint density at radius 1 is 1.19 bits per heavy atom. The van der Waals surface area contributed by atoms with Crippen molar-refractivity contribution in [3.8, 4) is 5.75 Å². The van der Waals surface area contributed by atoms with Gasteiger partial charge in [0.05, 0.1) is 30.8 Å². The number of carbonyl (C=O) groups is 1. The molecule has 0 saturated carbocycles. The number of anilines is 1. The van der Waals surface area contributed by atoms with Gasteiger partial charge in [-0.3, -0.25) is 0 Å². The average Bonchev–Trinajstić information content (AvgIpc) is 2.67. The van der Waals surface area contributed by atoms with Crippen molar-refractivity contribution in [3.05, 3.63) is 58.6 Å². The molecule has 26 heavy (non-hydrogen) atoms. The minimum Gasteiger partial charge on any atom is -0.497 e. The Labute approximate surface area is 163 Å². The van der Waals surface area contributed by atoms with E-state index in [1.807, 2.05) is 24.3 Å². The van der Waals surface area contributed by atoms with Crippen molar-refractivity contribution in [2.75, 3.05) is 19.5 Å². The Kier molecular flexibility index (Phi) is 7.24. The predicted octanol–water partition coefficient (Wildman–Crippen LogP) is 4.57. The first kappa shape index (κ1) is 20.0. The molecule has 0 amide bonds. The number of methoxy groups -OCH3 is 2. The largest absolute Gasteiger partial charge is 0.497 e. The van der Waals surface area contributed by atoms with Crippen LogP contribution in [0.2, 0.25) is 5.02 Å². The summed E-state index contributed by atoms with van der Waals surface area (Å²) >= 11 is 11.4. The van der Waals surface area contributed by atoms with Crippen LogP contribution in [0.5, 0.6) is 5.75 Å². The van der Waals surface area contributed by atoms with E-state index in [-0.39, 0.29) is 11.6 Å². The SMILES string of the molecule is CCC(NC(=S)Nc1ccc(Cl)c(C(=O)OC)c1)c1ccc(OC)cc1. The number of nitrogens with one attached hydrogen (secondary N) is 2. The molecule has 0 bridgehead atoms. The fourth-order valence-corrected chi connectivity index (χ4v) is 2.91. The number of carbonyl (C=O) groups excluding carboxylic acids is 1. The van der Waals surface area contributed by atoms with Gasteiger partial charge < -0.3 is 20.1 Å². The molecular weight excluding hydrogens is 372 g/mol. The van der Waals surface area contributed by atoms with Gasteiger partial charge in [0.1, 0.15) is 5.75 Å². The number of ether oxygens (including phenoxy) is 2. The molecule has 2 aromatic rings. The zero-order valence-corrected chi connectivity index (χ0v) is 16.4. The van der Waals surface area contributed by atoms with Crippen LogP contribution in [0.1, 0.15) is 35.3 Å². The van der Waals surface area contributed by atoms with Gasteiger partial charge in [0.15, 0.2) is 5.11 Å². The lowest BCUT2D eigenvalue weighted by Crippen LogP contribution is -2.32. The maximum Gasteiger partial charge on any atom is 0.339 e. The second-order valence-corrected chi connectivity index (χ2v) is 6.33. The fourth-order valence-electron chi connectivity index (χ4n) is 2.45. The van der Waals surface area contributed by atoms with E-state index in [0.29, 0.717) is 15.8 Å². The van der Waals surface area contributed by atoms with Gasteiger partial charge in [-0.25, -0.2) is 4.79 Å². The number of rotatable bonds is 6. The minimum absolute atomic E-state index is 0.0493. The monoisotopic (exact) mass is 392 g/mol. The molecular formula is C19H21ClN2O3S. The molecule has 0 aliphatic rings. The van der Waals surface area contributed by atoms with E-state index < -0.39 is 5.97 Å². The lowest BCUT2D eigenvalue weighted by molar-refractivity contribution is 0.0601. The van der Waals surface area contributed by atoms with Gasteiger partial charge in [0, 0.05) is 5.69 Å². The summed E-state index contributed by atoms with van der Waals surface area (Å²) in [4.78, 5) is 11.7. The highest BCUT2D eigenvalue weighted by Crippen LogP contribution is 2.23. The topological polar surface area (TPSA) is 59.6 Å². The molecule has 0 saturated heterocycles. The molecule has 1 unspecified atom stereocenters. The van der Waals surface area contributed by atoms with Crippen LogP contribution in [0.25, 0.3) is 0 Å². The van der Waals surface area contributed by atoms with Crippen LogP contribution < -0.4 is 15.4 Å². The third-order valence-electron chi connectivity index (χ3n) is 3.86. The molecule has 2 rings (SSSR count). The number of benzene rings is 2. The molecule has 0 heterocycles. The van der Waals surface area contributed by atoms with E-state index in [4.69, 9.17) is 33.3 Å². The van der Waals surface area contributed by atoms with Crippen molar-refractivity contribution in [2.45, 2.75) is 19.4 Å². The van der Waals surface area contributed by atoms with Gasteiger partial charge in [-0.1, -0.05) is 30.7 Å². The molecule has 0 fully saturated rings. The van der Waals surface area contributed by atoms with Gasteiger partial charge in [-0.05, 0) is 54.5 Å². The Hall–Kier alpha value is -2.31. The van der Waals surface area contributed by atoms with Crippen molar-refractivity contribution < 1.29 is 14.3 Å². The van der Waals surface area contributed by atoms with Crippen molar-refractivity contribution in [1.82, 2.24) is 5.32 Å². The van der Waals surface area contributed by atoms with E-state index in [9.17, 15) is 4.79 Å². The van der Waals surface area contributed by atoms with Crippen LogP contribution in [0.15, 0.2) is 42.5 Å². The highest BCUT2D eigenvalue weighted by molar-refractivity contribution is 7.80. The lowest BCUT2D eigenvalue weighted by Gasteiger charge is -2.20. The standard InChI is InChI=1S/C19H21ClN2O3S/c1-4-17(12-5-8-14(24-2)9-6-12)22-19(26)21-13-7-10-16(20)15(11-13)18(23)25-3/h5-11,17H,4H2,1-3H3,(H2,21,22,26). The van der Waals surface area contributed by atoms with E-state index >= 15 is 0 Å². The molecule has 0 spiro atoms. The van der Waals surface area contributed by atoms with Crippen LogP contribution in [0, 0.1) is 0 Å². The van der Waals surface area contributed by atoms with E-state index in [1.165, 1.54) is 7.11 Å². The van der Waals surface area contributed by atoms with E-state index in [0.717, 1.165) is 17.7 Å². The molecule has 7 heteroatoms. The second-order valence-electron chi connectivity index (χ2n) is 5.52. The van der Waals surface area contributed by atoms with Crippen molar-refractivity contribution >= 4 is 40.6 Å². The Morgan fingerprint density at radius 2 is 1.88 bits per heavy atom. The summed E-state index contributed by atoms with van der Waals surface area (Å²) in [5.41, 5.74) is 2.03. The van der Waals surface area contributed by atoms with Crippen LogP contribution in [-0.4, -0.2) is 25.3 Å². The van der Waals surface area contributed by atoms with E-state index in [1.54, 1.807) is 25.3 Å². The van der Waals surface area contributed by atoms with Gasteiger partial charge in [0.25, 0.3) is 0 Å². The Bertz CT molecular complexity index is 781. The quantitative estimate of drug-likeness (QED) is 0.554. The molecule has 1 atom stereocenters. The van der Waals surface area contributed by atoms with Crippen LogP contribution >= 0.6 is 23.8 Å². The zero-order valence-electron chi connectivity index (χ0n) is 14.8. The summed E-state index contributed by atoms with van der Waals surface area (Å²) in [6, 6.07) is 12.9. The number of thiocarbonyl (C=S) groups is 1. The van der Waals surface area contributed by atoms with Gasteiger partial charge in [0.2, 0.25) is 0 Å². The molecule has 2 N–H and O–H groups in total. The summed E-state index contributed by atoms with van der Waals surface area (Å²) in [7, 11) is 2.95. The number of esters is 1. The summed E-state index contributed by atoms with van der Waals surface area (Å²) in [5, 5.41) is 7.13. The summed E-state index contributed by atoms with van der Waals surface area (Å²) in [5.74, 6) is 0.308. The zero-order chi connectivity index (χ0) is 19.1. The molecule has 5 nitrogen and oxygen atoms in total. The van der Waals surface area contributed by atoms with Gasteiger partial charge in [-0.2, -0.15) is 0 Å². The molecule has 0 aliphatic carbocycles. The number of hydrogen-bond donors (Lipinski definition) is 2. The Morgan fingerprint density at radius 3 is 2.46 bits per heavy atom. The first-order valence-corrected chi connectivity index (χ1v) is 8.86. The van der Waals surface area contributed by atoms with E-state index in [2.05, 4.69) is 17.6 Å². The Balaban J connectivity index is 2.07. The summed E-state index contributed by atoms with van der Waals surface area (Å²) in [6.07, 6.45) is 0.849. The van der Waals surface area contributed by atoms with Crippen molar-refractivity contribution in [3.63, 3.8) is 0 Å². The highest BCUT2D eigenvalue weighted by atomic mass is 35.5.